The van der Waals surface area contributed by atoms with Crippen molar-refractivity contribution in [3.8, 4) is 0 Å². The number of benzene rings is 2. The zero-order valence-electron chi connectivity index (χ0n) is 18.2. The van der Waals surface area contributed by atoms with Gasteiger partial charge in [-0.3, -0.25) is 4.79 Å². The molecule has 2 aromatic carbocycles. The molecule has 1 amide bonds. The Hall–Kier alpha value is -2.69. The first-order valence-corrected chi connectivity index (χ1v) is 12.7. The third-order valence-corrected chi connectivity index (χ3v) is 7.78. The molecule has 0 aliphatic rings. The number of nitrogens with zero attached hydrogens (tertiary/aromatic N) is 3. The zero-order chi connectivity index (χ0) is 23.1. The molecule has 0 aliphatic carbocycles. The van der Waals surface area contributed by atoms with Crippen LogP contribution in [-0.4, -0.2) is 47.7 Å². The average molecular weight is 475 g/mol. The van der Waals surface area contributed by atoms with Gasteiger partial charge in [-0.25, -0.2) is 8.42 Å². The summed E-state index contributed by atoms with van der Waals surface area (Å²) in [7, 11) is -3.62. The molecule has 1 heterocycles. The highest BCUT2D eigenvalue weighted by molar-refractivity contribution is 7.99. The smallest absolute Gasteiger partial charge is 0.277 e. The van der Waals surface area contributed by atoms with Crippen molar-refractivity contribution < 1.29 is 17.6 Å². The number of hydrogen-bond acceptors (Lipinski definition) is 7. The summed E-state index contributed by atoms with van der Waals surface area (Å²) in [5.74, 6) is 0.232. The molecule has 0 bridgehead atoms. The van der Waals surface area contributed by atoms with E-state index in [0.717, 1.165) is 17.3 Å². The molecule has 10 heteroatoms. The van der Waals surface area contributed by atoms with E-state index in [1.165, 1.54) is 10.4 Å². The van der Waals surface area contributed by atoms with E-state index in [0.29, 0.717) is 41.9 Å². The van der Waals surface area contributed by atoms with E-state index in [9.17, 15) is 13.2 Å². The normalized spacial score (nSPS) is 11.6. The summed E-state index contributed by atoms with van der Waals surface area (Å²) in [6, 6.07) is 14.6. The first-order valence-electron chi connectivity index (χ1n) is 10.2. The van der Waals surface area contributed by atoms with Crippen LogP contribution in [0.4, 0.5) is 5.69 Å². The van der Waals surface area contributed by atoms with Crippen molar-refractivity contribution >= 4 is 33.4 Å². The van der Waals surface area contributed by atoms with Crippen molar-refractivity contribution in [2.75, 3.05) is 24.2 Å². The van der Waals surface area contributed by atoms with Crippen LogP contribution in [-0.2, 0) is 21.2 Å². The summed E-state index contributed by atoms with van der Waals surface area (Å²) in [6.45, 7) is 6.08. The molecule has 0 aliphatic heterocycles. The standard InChI is InChI=1S/C22H26N4O4S2/c1-4-26(5-2)32(28,29)19-14-18(12-11-16(19)3)23-20(27)15-31-22-25-24-21(30-22)13-17-9-7-6-8-10-17/h6-12,14H,4-5,13,15H2,1-3H3,(H,23,27). The molecule has 3 aromatic rings. The van der Waals surface area contributed by atoms with Crippen LogP contribution in [0.5, 0.6) is 0 Å². The SMILES string of the molecule is CCN(CC)S(=O)(=O)c1cc(NC(=O)CSc2nnc(Cc3ccccc3)o2)ccc1C. The van der Waals surface area contributed by atoms with Crippen molar-refractivity contribution in [1.82, 2.24) is 14.5 Å². The molecule has 1 aromatic heterocycles. The van der Waals surface area contributed by atoms with E-state index in [1.807, 2.05) is 30.3 Å². The van der Waals surface area contributed by atoms with Crippen molar-refractivity contribution in [2.45, 2.75) is 37.3 Å². The maximum absolute atomic E-state index is 12.9. The van der Waals surface area contributed by atoms with Crippen molar-refractivity contribution in [1.29, 1.82) is 0 Å². The number of rotatable bonds is 10. The summed E-state index contributed by atoms with van der Waals surface area (Å²) >= 11 is 1.13. The molecule has 8 nitrogen and oxygen atoms in total. The molecular weight excluding hydrogens is 448 g/mol. The van der Waals surface area contributed by atoms with Crippen LogP contribution in [0.3, 0.4) is 0 Å². The fourth-order valence-corrected chi connectivity index (χ4v) is 5.41. The van der Waals surface area contributed by atoms with Crippen molar-refractivity contribution in [3.63, 3.8) is 0 Å². The second-order valence-corrected chi connectivity index (χ2v) is 9.86. The molecule has 0 saturated carbocycles. The van der Waals surface area contributed by atoms with Gasteiger partial charge in [0.15, 0.2) is 0 Å². The number of aromatic nitrogens is 2. The summed E-state index contributed by atoms with van der Waals surface area (Å²) in [6.07, 6.45) is 0.522. The van der Waals surface area contributed by atoms with E-state index in [-0.39, 0.29) is 16.6 Å². The summed E-state index contributed by atoms with van der Waals surface area (Å²) < 4.78 is 32.7. The highest BCUT2D eigenvalue weighted by Crippen LogP contribution is 2.24. The highest BCUT2D eigenvalue weighted by Gasteiger charge is 2.24. The van der Waals surface area contributed by atoms with Crippen LogP contribution in [0.15, 0.2) is 63.1 Å². The minimum Gasteiger partial charge on any atom is -0.416 e. The van der Waals surface area contributed by atoms with Crippen LogP contribution in [0.2, 0.25) is 0 Å². The van der Waals surface area contributed by atoms with Crippen molar-refractivity contribution in [2.24, 2.45) is 0 Å². The van der Waals surface area contributed by atoms with Crippen LogP contribution < -0.4 is 5.32 Å². The number of sulfonamides is 1. The van der Waals surface area contributed by atoms with Gasteiger partial charge >= 0.3 is 0 Å². The number of carbonyl (C=O) groups is 1. The monoisotopic (exact) mass is 474 g/mol. The molecule has 0 fully saturated rings. The molecule has 0 radical (unpaired) electrons. The van der Waals surface area contributed by atoms with E-state index in [1.54, 1.807) is 32.9 Å². The third kappa shape index (κ3) is 5.96. The van der Waals surface area contributed by atoms with Crippen LogP contribution >= 0.6 is 11.8 Å². The molecular formula is C22H26N4O4S2. The van der Waals surface area contributed by atoms with Crippen LogP contribution in [0.25, 0.3) is 0 Å². The fourth-order valence-electron chi connectivity index (χ4n) is 3.12. The van der Waals surface area contributed by atoms with Gasteiger partial charge < -0.3 is 9.73 Å². The predicted octanol–water partition coefficient (Wildman–Crippen LogP) is 3.73. The topological polar surface area (TPSA) is 105 Å². The Morgan fingerprint density at radius 1 is 1.09 bits per heavy atom. The largest absolute Gasteiger partial charge is 0.416 e. The van der Waals surface area contributed by atoms with Gasteiger partial charge in [-0.2, -0.15) is 4.31 Å². The summed E-state index contributed by atoms with van der Waals surface area (Å²) in [5.41, 5.74) is 2.10. The molecule has 0 atom stereocenters. The number of thioether (sulfide) groups is 1. The lowest BCUT2D eigenvalue weighted by Gasteiger charge is -2.20. The van der Waals surface area contributed by atoms with Gasteiger partial charge in [-0.05, 0) is 30.2 Å². The maximum Gasteiger partial charge on any atom is 0.277 e. The average Bonchev–Trinajstić information content (AvgIpc) is 3.22. The van der Waals surface area contributed by atoms with E-state index in [2.05, 4.69) is 15.5 Å². The summed E-state index contributed by atoms with van der Waals surface area (Å²) in [5, 5.41) is 11.0. The van der Waals surface area contributed by atoms with Crippen LogP contribution in [0, 0.1) is 6.92 Å². The quantitative estimate of drug-likeness (QED) is 0.446. The molecule has 170 valence electrons. The maximum atomic E-state index is 12.9. The number of aryl methyl sites for hydroxylation is 1. The third-order valence-electron chi connectivity index (χ3n) is 4.77. The molecule has 1 N–H and O–H groups in total. The van der Waals surface area contributed by atoms with Gasteiger partial charge in [0, 0.05) is 18.8 Å². The van der Waals surface area contributed by atoms with Gasteiger partial charge in [0.25, 0.3) is 5.22 Å². The van der Waals surface area contributed by atoms with E-state index in [4.69, 9.17) is 4.42 Å². The number of carbonyl (C=O) groups excluding carboxylic acids is 1. The Kier molecular flexibility index (Phi) is 8.05. The Balaban J connectivity index is 1.61. The Morgan fingerprint density at radius 3 is 2.50 bits per heavy atom. The van der Waals surface area contributed by atoms with E-state index >= 15 is 0 Å². The Labute approximate surface area is 192 Å². The van der Waals surface area contributed by atoms with Gasteiger partial charge in [-0.1, -0.05) is 62.0 Å². The fraction of sp³-hybridized carbons (Fsp3) is 0.318. The minimum absolute atomic E-state index is 0.0545. The first-order chi connectivity index (χ1) is 15.3. The molecule has 3 rings (SSSR count). The highest BCUT2D eigenvalue weighted by atomic mass is 32.2. The number of amides is 1. The molecule has 0 saturated heterocycles. The second kappa shape index (κ2) is 10.8. The minimum atomic E-state index is -3.62. The zero-order valence-corrected chi connectivity index (χ0v) is 19.9. The van der Waals surface area contributed by atoms with Crippen molar-refractivity contribution in [3.05, 3.63) is 65.5 Å². The lowest BCUT2D eigenvalue weighted by molar-refractivity contribution is -0.113. The molecule has 32 heavy (non-hydrogen) atoms. The van der Waals surface area contributed by atoms with Gasteiger partial charge in [0.1, 0.15) is 0 Å². The number of anilines is 1. The first kappa shape index (κ1) is 24.0. The number of hydrogen-bond donors (Lipinski definition) is 1. The second-order valence-electron chi connectivity index (χ2n) is 7.03. The lowest BCUT2D eigenvalue weighted by atomic mass is 10.2. The Bertz CT molecular complexity index is 1160. The van der Waals surface area contributed by atoms with E-state index < -0.39 is 10.0 Å². The van der Waals surface area contributed by atoms with Gasteiger partial charge in [0.2, 0.25) is 21.8 Å². The number of nitrogens with one attached hydrogen (secondary N) is 1. The van der Waals surface area contributed by atoms with Gasteiger partial charge in [0.05, 0.1) is 17.1 Å². The molecule has 0 unspecified atom stereocenters. The lowest BCUT2D eigenvalue weighted by Crippen LogP contribution is -2.31. The summed E-state index contributed by atoms with van der Waals surface area (Å²) in [4.78, 5) is 12.6. The predicted molar refractivity (Wildman–Crippen MR) is 124 cm³/mol. The van der Waals surface area contributed by atoms with Crippen LogP contribution in [0.1, 0.15) is 30.9 Å². The Morgan fingerprint density at radius 2 is 1.81 bits per heavy atom. The van der Waals surface area contributed by atoms with Gasteiger partial charge in [-0.15, -0.1) is 10.2 Å². The molecule has 0 spiro atoms.